The first-order chi connectivity index (χ1) is 16.5. The molecule has 4 rings (SSSR count). The normalized spacial score (nSPS) is 19.4. The van der Waals surface area contributed by atoms with Crippen LogP contribution in [0.2, 0.25) is 0 Å². The highest BCUT2D eigenvalue weighted by Gasteiger charge is 2.46. The van der Waals surface area contributed by atoms with Crippen LogP contribution in [0.4, 0.5) is 18.0 Å². The largest absolute Gasteiger partial charge is 0.438 e. The van der Waals surface area contributed by atoms with E-state index in [4.69, 9.17) is 4.74 Å². The second kappa shape index (κ2) is 9.38. The number of cyclic esters (lactones) is 1. The predicted octanol–water partition coefficient (Wildman–Crippen LogP) is 6.73. The molecule has 1 fully saturated rings. The standard InChI is InChI=1S/C28H28F3NO3/c1-18(19-4-6-20(7-5-19)24-13-12-23(30)16-25(24)31)32-15-14-28(35-26(32)33,17-27(2,3)34)21-8-10-22(29)11-9-21/h4-13,16,18,34H,14-15,17H2,1-3H3/t18-,28?/m0/s1. The Bertz CT molecular complexity index is 1210. The van der Waals surface area contributed by atoms with Crippen LogP contribution in [0.3, 0.4) is 0 Å². The molecule has 35 heavy (non-hydrogen) atoms. The van der Waals surface area contributed by atoms with Gasteiger partial charge in [0.15, 0.2) is 0 Å². The van der Waals surface area contributed by atoms with Gasteiger partial charge >= 0.3 is 6.09 Å². The van der Waals surface area contributed by atoms with Gasteiger partial charge in [-0.15, -0.1) is 0 Å². The molecule has 7 heteroatoms. The molecule has 184 valence electrons. The molecule has 2 atom stereocenters. The van der Waals surface area contributed by atoms with E-state index in [0.29, 0.717) is 29.7 Å². The lowest BCUT2D eigenvalue weighted by atomic mass is 9.80. The van der Waals surface area contributed by atoms with E-state index < -0.39 is 34.7 Å². The van der Waals surface area contributed by atoms with Crippen molar-refractivity contribution in [3.8, 4) is 11.1 Å². The number of rotatable bonds is 6. The van der Waals surface area contributed by atoms with Crippen molar-refractivity contribution in [2.45, 2.75) is 50.9 Å². The van der Waals surface area contributed by atoms with Crippen LogP contribution in [0.15, 0.2) is 66.7 Å². The van der Waals surface area contributed by atoms with Crippen LogP contribution in [0.25, 0.3) is 11.1 Å². The van der Waals surface area contributed by atoms with Crippen molar-refractivity contribution < 1.29 is 27.8 Å². The molecule has 0 saturated carbocycles. The third-order valence-electron chi connectivity index (χ3n) is 6.46. The van der Waals surface area contributed by atoms with Gasteiger partial charge in [0.1, 0.15) is 23.1 Å². The first-order valence-electron chi connectivity index (χ1n) is 11.5. The molecule has 1 unspecified atom stereocenters. The Morgan fingerprint density at radius 1 is 1.00 bits per heavy atom. The quantitative estimate of drug-likeness (QED) is 0.423. The van der Waals surface area contributed by atoms with Gasteiger partial charge in [-0.25, -0.2) is 18.0 Å². The SMILES string of the molecule is C[C@@H](c1ccc(-c2ccc(F)cc2F)cc1)N1CCC(CC(C)(C)O)(c2ccc(F)cc2)OC1=O. The Balaban J connectivity index is 1.55. The van der Waals surface area contributed by atoms with E-state index in [0.717, 1.165) is 11.6 Å². The smallest absolute Gasteiger partial charge is 0.411 e. The first kappa shape index (κ1) is 24.8. The second-order valence-corrected chi connectivity index (χ2v) is 9.72. The number of benzene rings is 3. The minimum absolute atomic E-state index is 0.164. The molecule has 0 spiro atoms. The van der Waals surface area contributed by atoms with Gasteiger partial charge in [-0.05, 0) is 61.7 Å². The fourth-order valence-electron chi connectivity index (χ4n) is 4.75. The molecular formula is C28H28F3NO3. The summed E-state index contributed by atoms with van der Waals surface area (Å²) in [6.07, 6.45) is 0.0423. The lowest BCUT2D eigenvalue weighted by Gasteiger charge is -2.45. The number of amides is 1. The Hall–Kier alpha value is -3.32. The third-order valence-corrected chi connectivity index (χ3v) is 6.46. The summed E-state index contributed by atoms with van der Waals surface area (Å²) in [7, 11) is 0. The number of hydrogen-bond donors (Lipinski definition) is 1. The van der Waals surface area contributed by atoms with Crippen LogP contribution in [-0.4, -0.2) is 28.2 Å². The van der Waals surface area contributed by atoms with E-state index in [9.17, 15) is 23.1 Å². The van der Waals surface area contributed by atoms with E-state index in [2.05, 4.69) is 0 Å². The minimum atomic E-state index is -1.12. The molecule has 0 aliphatic carbocycles. The summed E-state index contributed by atoms with van der Waals surface area (Å²) in [5, 5.41) is 10.5. The zero-order valence-corrected chi connectivity index (χ0v) is 19.9. The topological polar surface area (TPSA) is 49.8 Å². The van der Waals surface area contributed by atoms with Gasteiger partial charge in [-0.3, -0.25) is 0 Å². The summed E-state index contributed by atoms with van der Waals surface area (Å²) in [5.74, 6) is -1.68. The maximum absolute atomic E-state index is 14.1. The third kappa shape index (κ3) is 5.35. The number of aliphatic hydroxyl groups is 1. The van der Waals surface area contributed by atoms with Crippen molar-refractivity contribution in [3.63, 3.8) is 0 Å². The second-order valence-electron chi connectivity index (χ2n) is 9.72. The van der Waals surface area contributed by atoms with Crippen molar-refractivity contribution in [2.75, 3.05) is 6.54 Å². The molecule has 1 aliphatic rings. The number of ether oxygens (including phenoxy) is 1. The van der Waals surface area contributed by atoms with Gasteiger partial charge in [-0.1, -0.05) is 36.4 Å². The molecule has 0 radical (unpaired) electrons. The van der Waals surface area contributed by atoms with Crippen LogP contribution in [0.1, 0.15) is 50.8 Å². The summed E-state index contributed by atoms with van der Waals surface area (Å²) in [4.78, 5) is 14.8. The van der Waals surface area contributed by atoms with Gasteiger partial charge in [0.2, 0.25) is 0 Å². The van der Waals surface area contributed by atoms with E-state index in [1.54, 1.807) is 55.1 Å². The van der Waals surface area contributed by atoms with Gasteiger partial charge in [0, 0.05) is 31.0 Å². The van der Waals surface area contributed by atoms with Crippen LogP contribution < -0.4 is 0 Å². The van der Waals surface area contributed by atoms with Crippen LogP contribution in [0.5, 0.6) is 0 Å². The number of halogens is 3. The summed E-state index contributed by atoms with van der Waals surface area (Å²) in [6.45, 7) is 5.52. The number of carbonyl (C=O) groups is 1. The van der Waals surface area contributed by atoms with Crippen molar-refractivity contribution in [3.05, 3.63) is 95.3 Å². The maximum Gasteiger partial charge on any atom is 0.411 e. The van der Waals surface area contributed by atoms with Gasteiger partial charge in [0.05, 0.1) is 11.6 Å². The monoisotopic (exact) mass is 483 g/mol. The summed E-state index contributed by atoms with van der Waals surface area (Å²) >= 11 is 0. The first-order valence-corrected chi connectivity index (χ1v) is 11.5. The lowest BCUT2D eigenvalue weighted by molar-refractivity contribution is -0.101. The van der Waals surface area contributed by atoms with E-state index in [1.807, 2.05) is 6.92 Å². The molecule has 0 aromatic heterocycles. The zero-order valence-electron chi connectivity index (χ0n) is 19.9. The Kier molecular flexibility index (Phi) is 6.64. The average molecular weight is 484 g/mol. The molecule has 1 saturated heterocycles. The molecule has 4 nitrogen and oxygen atoms in total. The van der Waals surface area contributed by atoms with Crippen molar-refractivity contribution in [2.24, 2.45) is 0 Å². The van der Waals surface area contributed by atoms with Gasteiger partial charge < -0.3 is 14.7 Å². The summed E-state index contributed by atoms with van der Waals surface area (Å²) < 4.78 is 46.9. The van der Waals surface area contributed by atoms with E-state index >= 15 is 0 Å². The fraction of sp³-hybridized carbons (Fsp3) is 0.321. The van der Waals surface area contributed by atoms with E-state index in [1.165, 1.54) is 24.3 Å². The molecule has 1 amide bonds. The molecular weight excluding hydrogens is 455 g/mol. The van der Waals surface area contributed by atoms with Crippen LogP contribution in [0, 0.1) is 17.5 Å². The average Bonchev–Trinajstić information content (AvgIpc) is 2.78. The number of carbonyl (C=O) groups excluding carboxylic acids is 1. The highest BCUT2D eigenvalue weighted by molar-refractivity contribution is 5.70. The van der Waals surface area contributed by atoms with Gasteiger partial charge in [0.25, 0.3) is 0 Å². The Morgan fingerprint density at radius 2 is 1.63 bits per heavy atom. The lowest BCUT2D eigenvalue weighted by Crippen LogP contribution is -2.51. The zero-order chi connectivity index (χ0) is 25.4. The fourth-order valence-corrected chi connectivity index (χ4v) is 4.75. The molecule has 1 heterocycles. The van der Waals surface area contributed by atoms with Crippen LogP contribution in [-0.2, 0) is 10.3 Å². The molecule has 0 bridgehead atoms. The van der Waals surface area contributed by atoms with Gasteiger partial charge in [-0.2, -0.15) is 0 Å². The highest BCUT2D eigenvalue weighted by Crippen LogP contribution is 2.42. The van der Waals surface area contributed by atoms with Crippen LogP contribution >= 0.6 is 0 Å². The van der Waals surface area contributed by atoms with E-state index in [-0.39, 0.29) is 12.5 Å². The number of nitrogens with zero attached hydrogens (tertiary/aromatic N) is 1. The maximum atomic E-state index is 14.1. The summed E-state index contributed by atoms with van der Waals surface area (Å²) in [6, 6.07) is 16.0. The molecule has 1 aliphatic heterocycles. The highest BCUT2D eigenvalue weighted by atomic mass is 19.1. The summed E-state index contributed by atoms with van der Waals surface area (Å²) in [5.41, 5.74) is 0.146. The molecule has 3 aromatic rings. The predicted molar refractivity (Wildman–Crippen MR) is 127 cm³/mol. The molecule has 3 aromatic carbocycles. The Morgan fingerprint density at radius 3 is 2.20 bits per heavy atom. The van der Waals surface area contributed by atoms with Crippen molar-refractivity contribution >= 4 is 6.09 Å². The van der Waals surface area contributed by atoms with Crippen molar-refractivity contribution in [1.82, 2.24) is 4.90 Å². The van der Waals surface area contributed by atoms with Crippen molar-refractivity contribution in [1.29, 1.82) is 0 Å². The Labute approximate surface area is 203 Å². The number of hydrogen-bond acceptors (Lipinski definition) is 3. The molecule has 1 N–H and O–H groups in total. The minimum Gasteiger partial charge on any atom is -0.438 e.